The summed E-state index contributed by atoms with van der Waals surface area (Å²) in [5.74, 6) is -0.484. The van der Waals surface area contributed by atoms with Crippen LogP contribution in [0, 0.1) is 5.92 Å². The van der Waals surface area contributed by atoms with E-state index >= 15 is 0 Å². The second-order valence-corrected chi connectivity index (χ2v) is 9.33. The van der Waals surface area contributed by atoms with Crippen LogP contribution in [-0.4, -0.2) is 42.3 Å². The summed E-state index contributed by atoms with van der Waals surface area (Å²) in [6, 6.07) is 4.29. The number of oxazole rings is 1. The fourth-order valence-corrected chi connectivity index (χ4v) is 4.73. The zero-order chi connectivity index (χ0) is 19.8. The van der Waals surface area contributed by atoms with Gasteiger partial charge in [0.1, 0.15) is 6.54 Å². The molecule has 2 heterocycles. The second-order valence-electron chi connectivity index (χ2n) is 7.39. The van der Waals surface area contributed by atoms with E-state index in [-0.39, 0.29) is 29.0 Å². The number of carbonyl (C=O) groups is 1. The third kappa shape index (κ3) is 4.08. The molecule has 1 aliphatic rings. The van der Waals surface area contributed by atoms with E-state index in [0.29, 0.717) is 24.5 Å². The summed E-state index contributed by atoms with van der Waals surface area (Å²) in [6.07, 6.45) is 1.66. The topological polar surface area (TPSA) is 102 Å². The summed E-state index contributed by atoms with van der Waals surface area (Å²) >= 11 is 0. The minimum atomic E-state index is -3.64. The van der Waals surface area contributed by atoms with E-state index in [1.165, 1.54) is 27.1 Å². The summed E-state index contributed by atoms with van der Waals surface area (Å²) in [5.41, 5.74) is 0.550. The molecule has 1 amide bonds. The summed E-state index contributed by atoms with van der Waals surface area (Å²) in [5, 5.41) is 2.71. The molecule has 0 atom stereocenters. The van der Waals surface area contributed by atoms with Gasteiger partial charge in [0, 0.05) is 25.2 Å². The normalized spacial score (nSPS) is 16.9. The van der Waals surface area contributed by atoms with Crippen molar-refractivity contribution < 1.29 is 17.6 Å². The van der Waals surface area contributed by atoms with Gasteiger partial charge >= 0.3 is 5.76 Å². The van der Waals surface area contributed by atoms with Crippen LogP contribution in [0.2, 0.25) is 0 Å². The standard InChI is InChI=1S/C18H25N3O5S/c1-12(2)19-17(22)11-21-15-5-4-14(10-16(15)26-18(21)23)27(24,25)20-8-6-13(3)7-9-20/h4-5,10,12-13H,6-9,11H2,1-3H3,(H,19,22). The van der Waals surface area contributed by atoms with E-state index in [1.807, 2.05) is 13.8 Å². The SMILES string of the molecule is CC1CCN(S(=O)(=O)c2ccc3c(c2)oc(=O)n3CC(=O)NC(C)C)CC1. The molecule has 3 rings (SSSR count). The number of rotatable bonds is 5. The number of fused-ring (bicyclic) bond motifs is 1. The summed E-state index contributed by atoms with van der Waals surface area (Å²) in [6.45, 7) is 6.56. The van der Waals surface area contributed by atoms with Crippen molar-refractivity contribution in [1.82, 2.24) is 14.2 Å². The Bertz CT molecular complexity index is 998. The smallest absolute Gasteiger partial charge is 0.408 e. The van der Waals surface area contributed by atoms with Crippen LogP contribution in [0.3, 0.4) is 0 Å². The van der Waals surface area contributed by atoms with Crippen molar-refractivity contribution >= 4 is 27.0 Å². The first-order valence-electron chi connectivity index (χ1n) is 9.11. The maximum Gasteiger partial charge on any atom is 0.420 e. The minimum absolute atomic E-state index is 0.0459. The number of nitrogens with one attached hydrogen (secondary N) is 1. The van der Waals surface area contributed by atoms with Crippen LogP contribution in [0.4, 0.5) is 0 Å². The van der Waals surface area contributed by atoms with Gasteiger partial charge in [-0.2, -0.15) is 4.31 Å². The highest BCUT2D eigenvalue weighted by atomic mass is 32.2. The fraction of sp³-hybridized carbons (Fsp3) is 0.556. The Morgan fingerprint density at radius 1 is 1.30 bits per heavy atom. The van der Waals surface area contributed by atoms with Crippen molar-refractivity contribution in [2.45, 2.75) is 51.1 Å². The van der Waals surface area contributed by atoms with E-state index < -0.39 is 15.8 Å². The van der Waals surface area contributed by atoms with Crippen LogP contribution in [0.15, 0.2) is 32.3 Å². The van der Waals surface area contributed by atoms with E-state index in [9.17, 15) is 18.0 Å². The van der Waals surface area contributed by atoms with Gasteiger partial charge in [0.2, 0.25) is 15.9 Å². The molecule has 1 aliphatic heterocycles. The Morgan fingerprint density at radius 2 is 1.96 bits per heavy atom. The average Bonchev–Trinajstić information content (AvgIpc) is 2.89. The summed E-state index contributed by atoms with van der Waals surface area (Å²) < 4.78 is 33.6. The number of nitrogens with zero attached hydrogens (tertiary/aromatic N) is 2. The Morgan fingerprint density at radius 3 is 2.59 bits per heavy atom. The molecule has 0 radical (unpaired) electrons. The summed E-state index contributed by atoms with van der Waals surface area (Å²) in [4.78, 5) is 24.2. The maximum absolute atomic E-state index is 12.9. The minimum Gasteiger partial charge on any atom is -0.408 e. The Labute approximate surface area is 158 Å². The average molecular weight is 395 g/mol. The van der Waals surface area contributed by atoms with E-state index in [2.05, 4.69) is 12.2 Å². The molecule has 0 saturated carbocycles. The number of amides is 1. The lowest BCUT2D eigenvalue weighted by molar-refractivity contribution is -0.122. The number of carbonyl (C=O) groups excluding carboxylic acids is 1. The number of hydrogen-bond donors (Lipinski definition) is 1. The molecule has 27 heavy (non-hydrogen) atoms. The molecule has 2 aromatic rings. The molecule has 0 aliphatic carbocycles. The molecule has 1 aromatic carbocycles. The van der Waals surface area contributed by atoms with Crippen molar-refractivity contribution in [3.8, 4) is 0 Å². The highest BCUT2D eigenvalue weighted by molar-refractivity contribution is 7.89. The monoisotopic (exact) mass is 395 g/mol. The Kier molecular flexibility index (Phi) is 5.43. The zero-order valence-corrected chi connectivity index (χ0v) is 16.6. The van der Waals surface area contributed by atoms with Gasteiger partial charge in [-0.05, 0) is 44.7 Å². The third-order valence-corrected chi connectivity index (χ3v) is 6.67. The van der Waals surface area contributed by atoms with Gasteiger partial charge in [-0.25, -0.2) is 13.2 Å². The molecule has 0 unspecified atom stereocenters. The predicted molar refractivity (Wildman–Crippen MR) is 101 cm³/mol. The van der Waals surface area contributed by atoms with Crippen molar-refractivity contribution in [2.24, 2.45) is 5.92 Å². The molecule has 0 bridgehead atoms. The number of sulfonamides is 1. The van der Waals surface area contributed by atoms with Gasteiger partial charge in [0.05, 0.1) is 10.4 Å². The van der Waals surface area contributed by atoms with E-state index in [4.69, 9.17) is 4.42 Å². The maximum atomic E-state index is 12.9. The van der Waals surface area contributed by atoms with E-state index in [1.54, 1.807) is 0 Å². The molecule has 8 nitrogen and oxygen atoms in total. The number of hydrogen-bond acceptors (Lipinski definition) is 5. The van der Waals surface area contributed by atoms with Crippen LogP contribution in [0.5, 0.6) is 0 Å². The lowest BCUT2D eigenvalue weighted by Crippen LogP contribution is -2.37. The van der Waals surface area contributed by atoms with Gasteiger partial charge in [-0.3, -0.25) is 9.36 Å². The molecule has 1 aromatic heterocycles. The molecule has 1 fully saturated rings. The van der Waals surface area contributed by atoms with Gasteiger partial charge in [0.25, 0.3) is 0 Å². The molecule has 9 heteroatoms. The van der Waals surface area contributed by atoms with Gasteiger partial charge in [-0.15, -0.1) is 0 Å². The van der Waals surface area contributed by atoms with Crippen LogP contribution in [0.1, 0.15) is 33.6 Å². The van der Waals surface area contributed by atoms with Crippen LogP contribution in [-0.2, 0) is 21.4 Å². The lowest BCUT2D eigenvalue weighted by Gasteiger charge is -2.29. The Hall–Kier alpha value is -2.13. The van der Waals surface area contributed by atoms with Crippen molar-refractivity contribution in [3.05, 3.63) is 28.7 Å². The van der Waals surface area contributed by atoms with Crippen LogP contribution in [0.25, 0.3) is 11.1 Å². The molecule has 1 saturated heterocycles. The highest BCUT2D eigenvalue weighted by Crippen LogP contribution is 2.25. The highest BCUT2D eigenvalue weighted by Gasteiger charge is 2.28. The fourth-order valence-electron chi connectivity index (χ4n) is 3.24. The molecule has 0 spiro atoms. The Balaban J connectivity index is 1.90. The molecule has 1 N–H and O–H groups in total. The van der Waals surface area contributed by atoms with Gasteiger partial charge in [-0.1, -0.05) is 6.92 Å². The number of aromatic nitrogens is 1. The van der Waals surface area contributed by atoms with Crippen molar-refractivity contribution in [2.75, 3.05) is 13.1 Å². The largest absolute Gasteiger partial charge is 0.420 e. The van der Waals surface area contributed by atoms with Crippen molar-refractivity contribution in [1.29, 1.82) is 0 Å². The predicted octanol–water partition coefficient (Wildman–Crippen LogP) is 1.54. The zero-order valence-electron chi connectivity index (χ0n) is 15.8. The van der Waals surface area contributed by atoms with Crippen molar-refractivity contribution in [3.63, 3.8) is 0 Å². The van der Waals surface area contributed by atoms with Gasteiger partial charge in [0.15, 0.2) is 5.58 Å². The molecule has 148 valence electrons. The van der Waals surface area contributed by atoms with Crippen LogP contribution >= 0.6 is 0 Å². The first-order valence-corrected chi connectivity index (χ1v) is 10.6. The van der Waals surface area contributed by atoms with Gasteiger partial charge < -0.3 is 9.73 Å². The molecular formula is C18H25N3O5S. The lowest BCUT2D eigenvalue weighted by atomic mass is 10.0. The summed E-state index contributed by atoms with van der Waals surface area (Å²) in [7, 11) is -3.64. The number of piperidine rings is 1. The van der Waals surface area contributed by atoms with Crippen LogP contribution < -0.4 is 11.1 Å². The number of benzene rings is 1. The first kappa shape index (κ1) is 19.6. The second kappa shape index (κ2) is 7.47. The quantitative estimate of drug-likeness (QED) is 0.827. The van der Waals surface area contributed by atoms with E-state index in [0.717, 1.165) is 12.8 Å². The molecular weight excluding hydrogens is 370 g/mol. The third-order valence-electron chi connectivity index (χ3n) is 4.77. The first-order chi connectivity index (χ1) is 12.7.